The molecule has 1 aliphatic heterocycles. The average molecular weight is 345 g/mol. The van der Waals surface area contributed by atoms with Gasteiger partial charge in [0, 0.05) is 42.5 Å². The fourth-order valence-electron chi connectivity index (χ4n) is 2.82. The van der Waals surface area contributed by atoms with Gasteiger partial charge in [-0.2, -0.15) is 13.2 Å². The molecule has 134 valence electrons. The summed E-state index contributed by atoms with van der Waals surface area (Å²) in [5.74, 6) is -0.452. The third-order valence-electron chi connectivity index (χ3n) is 4.11. The minimum atomic E-state index is -4.48. The van der Waals surface area contributed by atoms with E-state index < -0.39 is 24.2 Å². The molecule has 5 nitrogen and oxygen atoms in total. The van der Waals surface area contributed by atoms with Gasteiger partial charge in [-0.15, -0.1) is 0 Å². The number of rotatable bonds is 4. The maximum atomic E-state index is 12.3. The van der Waals surface area contributed by atoms with Crippen LogP contribution in [0.25, 0.3) is 0 Å². The molecule has 1 atom stereocenters. The number of carbonyl (C=O) groups is 1. The molecule has 24 heavy (non-hydrogen) atoms. The summed E-state index contributed by atoms with van der Waals surface area (Å²) in [6.07, 6.45) is -2.51. The highest BCUT2D eigenvalue weighted by atomic mass is 19.4. The highest BCUT2D eigenvalue weighted by molar-refractivity contribution is 5.93. The van der Waals surface area contributed by atoms with Crippen LogP contribution in [-0.2, 0) is 6.54 Å². The van der Waals surface area contributed by atoms with E-state index in [2.05, 4.69) is 31.0 Å². The number of alkyl halides is 3. The summed E-state index contributed by atoms with van der Waals surface area (Å²) in [5, 5.41) is 2.75. The van der Waals surface area contributed by atoms with Crippen LogP contribution in [-0.4, -0.2) is 46.2 Å². The lowest BCUT2D eigenvalue weighted by Crippen LogP contribution is -2.60. The Morgan fingerprint density at radius 1 is 1.33 bits per heavy atom. The molecule has 2 rings (SSSR count). The smallest absolute Gasteiger partial charge is 0.350 e. The van der Waals surface area contributed by atoms with Crippen LogP contribution >= 0.6 is 0 Å². The first-order valence-corrected chi connectivity index (χ1v) is 7.79. The van der Waals surface area contributed by atoms with E-state index in [4.69, 9.17) is 0 Å². The molecule has 1 amide bonds. The summed E-state index contributed by atoms with van der Waals surface area (Å²) in [7, 11) is 0. The predicted octanol–water partition coefficient (Wildman–Crippen LogP) is 2.01. The van der Waals surface area contributed by atoms with E-state index >= 15 is 0 Å². The summed E-state index contributed by atoms with van der Waals surface area (Å²) in [6, 6.07) is 2.40. The van der Waals surface area contributed by atoms with E-state index in [1.807, 2.05) is 0 Å². The van der Waals surface area contributed by atoms with Gasteiger partial charge in [-0.25, -0.2) is 0 Å². The predicted molar refractivity (Wildman–Crippen MR) is 84.0 cm³/mol. The van der Waals surface area contributed by atoms with Gasteiger partial charge in [0.25, 0.3) is 11.5 Å². The third kappa shape index (κ3) is 4.59. The molecule has 0 aliphatic carbocycles. The number of hydrogen-bond donors (Lipinski definition) is 1. The highest BCUT2D eigenvalue weighted by Gasteiger charge is 2.36. The first-order chi connectivity index (χ1) is 11.0. The molecule has 0 aromatic carbocycles. The monoisotopic (exact) mass is 345 g/mol. The number of carbonyl (C=O) groups excluding carboxylic acids is 1. The second kappa shape index (κ2) is 6.58. The molecule has 1 aromatic rings. The molecule has 1 fully saturated rings. The average Bonchev–Trinajstić information content (AvgIpc) is 2.36. The van der Waals surface area contributed by atoms with Crippen LogP contribution in [0.3, 0.4) is 0 Å². The van der Waals surface area contributed by atoms with Crippen molar-refractivity contribution in [1.29, 1.82) is 0 Å². The van der Waals surface area contributed by atoms with Gasteiger partial charge in [0.15, 0.2) is 0 Å². The molecule has 1 unspecified atom stereocenters. The number of halogens is 3. The Bertz CT molecular complexity index is 662. The zero-order valence-corrected chi connectivity index (χ0v) is 14.0. The normalized spacial score (nSPS) is 19.0. The minimum Gasteiger partial charge on any atom is -0.350 e. The fraction of sp³-hybridized carbons (Fsp3) is 0.625. The van der Waals surface area contributed by atoms with Crippen molar-refractivity contribution in [3.8, 4) is 0 Å². The van der Waals surface area contributed by atoms with Gasteiger partial charge in [0.2, 0.25) is 0 Å². The van der Waals surface area contributed by atoms with Crippen molar-refractivity contribution in [3.63, 3.8) is 0 Å². The Hall–Kier alpha value is -1.83. The van der Waals surface area contributed by atoms with Gasteiger partial charge in [-0.3, -0.25) is 14.5 Å². The van der Waals surface area contributed by atoms with Crippen molar-refractivity contribution in [1.82, 2.24) is 14.8 Å². The summed E-state index contributed by atoms with van der Waals surface area (Å²) in [6.45, 7) is 6.35. The lowest BCUT2D eigenvalue weighted by atomic mass is 9.93. The van der Waals surface area contributed by atoms with Gasteiger partial charge < -0.3 is 9.88 Å². The molecule has 0 spiro atoms. The number of amides is 1. The zero-order valence-electron chi connectivity index (χ0n) is 14.0. The van der Waals surface area contributed by atoms with E-state index in [9.17, 15) is 22.8 Å². The summed E-state index contributed by atoms with van der Waals surface area (Å²) in [5.41, 5.74) is -0.758. The van der Waals surface area contributed by atoms with Crippen LogP contribution < -0.4 is 10.9 Å². The topological polar surface area (TPSA) is 54.3 Å². The van der Waals surface area contributed by atoms with Crippen LogP contribution in [0.15, 0.2) is 23.1 Å². The Morgan fingerprint density at radius 2 is 2.00 bits per heavy atom. The Labute approximate surface area is 138 Å². The van der Waals surface area contributed by atoms with Crippen molar-refractivity contribution >= 4 is 5.91 Å². The molecule has 1 N–H and O–H groups in total. The highest BCUT2D eigenvalue weighted by Crippen LogP contribution is 2.26. The van der Waals surface area contributed by atoms with Crippen LogP contribution in [0.2, 0.25) is 0 Å². The van der Waals surface area contributed by atoms with Crippen molar-refractivity contribution in [2.45, 2.75) is 51.5 Å². The Kier molecular flexibility index (Phi) is 5.08. The van der Waals surface area contributed by atoms with Gasteiger partial charge >= 0.3 is 6.18 Å². The van der Waals surface area contributed by atoms with Crippen molar-refractivity contribution in [2.24, 2.45) is 0 Å². The van der Waals surface area contributed by atoms with Crippen molar-refractivity contribution in [3.05, 3.63) is 34.2 Å². The number of nitrogens with zero attached hydrogens (tertiary/aromatic N) is 2. The van der Waals surface area contributed by atoms with E-state index in [0.29, 0.717) is 11.1 Å². The Morgan fingerprint density at radius 3 is 2.46 bits per heavy atom. The molecule has 8 heteroatoms. The SMILES string of the molecule is CC(C)(C)N1CCC1CNC(=O)c1ccn(CC(F)(F)F)c(=O)c1. The summed E-state index contributed by atoms with van der Waals surface area (Å²) >= 11 is 0. The van der Waals surface area contributed by atoms with Gasteiger partial charge in [-0.05, 0) is 33.3 Å². The standard InChI is InChI=1S/C16H22F3N3O2/c1-15(2,3)22-7-5-12(22)9-20-14(24)11-4-6-21(13(23)8-11)10-16(17,18)19/h4,6,8,12H,5,7,9-10H2,1-3H3,(H,20,24). The lowest BCUT2D eigenvalue weighted by molar-refractivity contribution is -0.141. The van der Waals surface area contributed by atoms with E-state index in [1.165, 1.54) is 6.07 Å². The molecular weight excluding hydrogens is 323 g/mol. The molecule has 1 aromatic heterocycles. The van der Waals surface area contributed by atoms with E-state index in [1.54, 1.807) is 0 Å². The van der Waals surface area contributed by atoms with E-state index in [-0.39, 0.29) is 17.1 Å². The number of hydrogen-bond acceptors (Lipinski definition) is 3. The maximum absolute atomic E-state index is 12.3. The van der Waals surface area contributed by atoms with Crippen molar-refractivity contribution < 1.29 is 18.0 Å². The Balaban J connectivity index is 1.96. The molecule has 1 aliphatic rings. The third-order valence-corrected chi connectivity index (χ3v) is 4.11. The number of pyridine rings is 1. The fourth-order valence-corrected chi connectivity index (χ4v) is 2.82. The molecule has 0 saturated carbocycles. The van der Waals surface area contributed by atoms with Crippen LogP contribution in [0.4, 0.5) is 13.2 Å². The number of nitrogens with one attached hydrogen (secondary N) is 1. The lowest BCUT2D eigenvalue weighted by Gasteiger charge is -2.49. The van der Waals surface area contributed by atoms with Crippen LogP contribution in [0.1, 0.15) is 37.6 Å². The molecule has 1 saturated heterocycles. The van der Waals surface area contributed by atoms with Crippen LogP contribution in [0.5, 0.6) is 0 Å². The number of likely N-dealkylation sites (tertiary alicyclic amines) is 1. The molecule has 2 heterocycles. The first kappa shape index (κ1) is 18.5. The molecule has 0 radical (unpaired) electrons. The largest absolute Gasteiger partial charge is 0.406 e. The van der Waals surface area contributed by atoms with Gasteiger partial charge in [-0.1, -0.05) is 0 Å². The molecule has 0 bridgehead atoms. The van der Waals surface area contributed by atoms with E-state index in [0.717, 1.165) is 25.2 Å². The second-order valence-corrected chi connectivity index (χ2v) is 7.01. The quantitative estimate of drug-likeness (QED) is 0.908. The minimum absolute atomic E-state index is 0.0196. The van der Waals surface area contributed by atoms with Gasteiger partial charge in [0.05, 0.1) is 0 Å². The summed E-state index contributed by atoms with van der Waals surface area (Å²) in [4.78, 5) is 26.1. The number of aromatic nitrogens is 1. The van der Waals surface area contributed by atoms with Crippen LogP contribution in [0, 0.1) is 0 Å². The molecular formula is C16H22F3N3O2. The van der Waals surface area contributed by atoms with Gasteiger partial charge in [0.1, 0.15) is 6.54 Å². The summed E-state index contributed by atoms with van der Waals surface area (Å²) < 4.78 is 37.5. The zero-order chi connectivity index (χ0) is 18.1. The first-order valence-electron chi connectivity index (χ1n) is 7.79. The van der Waals surface area contributed by atoms with Crippen molar-refractivity contribution in [2.75, 3.05) is 13.1 Å². The maximum Gasteiger partial charge on any atom is 0.406 e. The second-order valence-electron chi connectivity index (χ2n) is 7.01.